The van der Waals surface area contributed by atoms with Gasteiger partial charge in [0.15, 0.2) is 0 Å². The summed E-state index contributed by atoms with van der Waals surface area (Å²) in [6.07, 6.45) is 2.71. The number of likely N-dealkylation sites (N-methyl/N-ethyl adjacent to an activating group) is 1. The zero-order valence-corrected chi connectivity index (χ0v) is 9.79. The molecule has 0 radical (unpaired) electrons. The Hall–Kier alpha value is -0.810. The number of hydrogen-bond acceptors (Lipinski definition) is 3. The molecular formula is C10H23N5. The van der Waals surface area contributed by atoms with Crippen molar-refractivity contribution in [3.8, 4) is 0 Å². The molecular weight excluding hydrogens is 190 g/mol. The van der Waals surface area contributed by atoms with E-state index in [-0.39, 0.29) is 0 Å². The normalized spacial score (nSPS) is 16.9. The topological polar surface area (TPSA) is 65.7 Å². The predicted molar refractivity (Wildman–Crippen MR) is 63.6 cm³/mol. The monoisotopic (exact) mass is 213 g/mol. The van der Waals surface area contributed by atoms with Crippen LogP contribution in [0.3, 0.4) is 0 Å². The van der Waals surface area contributed by atoms with Gasteiger partial charge in [-0.15, -0.1) is 0 Å². The maximum Gasteiger partial charge on any atom is 0.205 e. The Balaban J connectivity index is 2.21. The van der Waals surface area contributed by atoms with E-state index in [1.807, 2.05) is 6.92 Å². The second kappa shape index (κ2) is 6.63. The van der Waals surface area contributed by atoms with Crippen LogP contribution in [0.4, 0.5) is 0 Å². The van der Waals surface area contributed by atoms with E-state index in [9.17, 15) is 0 Å². The van der Waals surface area contributed by atoms with Crippen LogP contribution < -0.4 is 16.6 Å². The van der Waals surface area contributed by atoms with Crippen molar-refractivity contribution < 1.29 is 0 Å². The van der Waals surface area contributed by atoms with Crippen LogP contribution in [-0.4, -0.2) is 43.1 Å². The lowest BCUT2D eigenvalue weighted by molar-refractivity contribution is 0.286. The molecule has 0 saturated heterocycles. The van der Waals surface area contributed by atoms with Crippen molar-refractivity contribution in [2.24, 2.45) is 10.8 Å². The fourth-order valence-corrected chi connectivity index (χ4v) is 1.65. The third-order valence-corrected chi connectivity index (χ3v) is 2.61. The van der Waals surface area contributed by atoms with E-state index in [0.29, 0.717) is 5.96 Å². The lowest BCUT2D eigenvalue weighted by atomic mass is 10.4. The van der Waals surface area contributed by atoms with E-state index in [0.717, 1.165) is 32.2 Å². The highest BCUT2D eigenvalue weighted by Gasteiger charge is 2.26. The second-order valence-electron chi connectivity index (χ2n) is 3.76. The number of aliphatic imine (C=N–C) groups is 1. The fourth-order valence-electron chi connectivity index (χ4n) is 1.65. The summed E-state index contributed by atoms with van der Waals surface area (Å²) in [4.78, 5) is 6.83. The molecule has 0 aromatic heterocycles. The van der Waals surface area contributed by atoms with Crippen molar-refractivity contribution in [3.05, 3.63) is 0 Å². The van der Waals surface area contributed by atoms with Crippen LogP contribution in [0.25, 0.3) is 0 Å². The zero-order chi connectivity index (χ0) is 11.1. The van der Waals surface area contributed by atoms with Gasteiger partial charge in [-0.1, -0.05) is 6.92 Å². The van der Waals surface area contributed by atoms with Crippen molar-refractivity contribution in [3.63, 3.8) is 0 Å². The number of nitrogens with two attached hydrogens (primary N) is 1. The first-order valence-corrected chi connectivity index (χ1v) is 5.80. The quantitative estimate of drug-likeness (QED) is 0.249. The van der Waals surface area contributed by atoms with E-state index in [2.05, 4.69) is 27.6 Å². The maximum atomic E-state index is 5.32. The van der Waals surface area contributed by atoms with Crippen LogP contribution in [0.2, 0.25) is 0 Å². The SMILES string of the molecule is CCNC(=NCCN(CC)C1CC1)NN. The molecule has 4 N–H and O–H groups in total. The smallest absolute Gasteiger partial charge is 0.205 e. The first-order chi connectivity index (χ1) is 7.31. The minimum atomic E-state index is 0.685. The lowest BCUT2D eigenvalue weighted by Gasteiger charge is -2.18. The maximum absolute atomic E-state index is 5.32. The third kappa shape index (κ3) is 4.48. The summed E-state index contributed by atoms with van der Waals surface area (Å²) in [5, 5.41) is 3.06. The fraction of sp³-hybridized carbons (Fsp3) is 0.900. The predicted octanol–water partition coefficient (Wildman–Crippen LogP) is -0.100. The van der Waals surface area contributed by atoms with Crippen molar-refractivity contribution in [1.82, 2.24) is 15.6 Å². The van der Waals surface area contributed by atoms with Crippen molar-refractivity contribution >= 4 is 5.96 Å². The Morgan fingerprint density at radius 1 is 1.47 bits per heavy atom. The van der Waals surface area contributed by atoms with Gasteiger partial charge in [0.05, 0.1) is 6.54 Å². The molecule has 15 heavy (non-hydrogen) atoms. The van der Waals surface area contributed by atoms with Gasteiger partial charge in [0, 0.05) is 19.1 Å². The van der Waals surface area contributed by atoms with Crippen LogP contribution in [0.1, 0.15) is 26.7 Å². The van der Waals surface area contributed by atoms with Gasteiger partial charge in [0.25, 0.3) is 0 Å². The Kier molecular flexibility index (Phi) is 5.42. The van der Waals surface area contributed by atoms with Gasteiger partial charge < -0.3 is 5.32 Å². The highest BCUT2D eigenvalue weighted by atomic mass is 15.3. The summed E-state index contributed by atoms with van der Waals surface area (Å²) in [6.45, 7) is 8.01. The van der Waals surface area contributed by atoms with Crippen molar-refractivity contribution in [2.45, 2.75) is 32.7 Å². The molecule has 1 rings (SSSR count). The van der Waals surface area contributed by atoms with E-state index in [4.69, 9.17) is 5.84 Å². The molecule has 88 valence electrons. The molecule has 0 unspecified atom stereocenters. The second-order valence-corrected chi connectivity index (χ2v) is 3.76. The molecule has 1 saturated carbocycles. The average molecular weight is 213 g/mol. The molecule has 0 bridgehead atoms. The molecule has 0 aliphatic heterocycles. The van der Waals surface area contributed by atoms with Gasteiger partial charge in [0.2, 0.25) is 5.96 Å². The van der Waals surface area contributed by atoms with Gasteiger partial charge in [-0.2, -0.15) is 0 Å². The van der Waals surface area contributed by atoms with Crippen LogP contribution in [0.5, 0.6) is 0 Å². The highest BCUT2D eigenvalue weighted by Crippen LogP contribution is 2.25. The summed E-state index contributed by atoms with van der Waals surface area (Å²) in [5.74, 6) is 6.01. The van der Waals surface area contributed by atoms with Gasteiger partial charge in [-0.05, 0) is 26.3 Å². The van der Waals surface area contributed by atoms with Crippen LogP contribution >= 0.6 is 0 Å². The molecule has 0 aromatic carbocycles. The number of hydrogen-bond donors (Lipinski definition) is 3. The molecule has 0 amide bonds. The number of guanidine groups is 1. The zero-order valence-electron chi connectivity index (χ0n) is 9.79. The minimum absolute atomic E-state index is 0.685. The number of nitrogens with one attached hydrogen (secondary N) is 2. The Morgan fingerprint density at radius 2 is 2.20 bits per heavy atom. The molecule has 0 spiro atoms. The van der Waals surface area contributed by atoms with Gasteiger partial charge in [-0.25, -0.2) is 5.84 Å². The third-order valence-electron chi connectivity index (χ3n) is 2.61. The average Bonchev–Trinajstić information content (AvgIpc) is 3.06. The molecule has 1 fully saturated rings. The van der Waals surface area contributed by atoms with Crippen molar-refractivity contribution in [2.75, 3.05) is 26.2 Å². The summed E-state index contributed by atoms with van der Waals surface area (Å²) in [6, 6.07) is 0.818. The number of nitrogens with zero attached hydrogens (tertiary/aromatic N) is 2. The highest BCUT2D eigenvalue weighted by molar-refractivity contribution is 5.79. The molecule has 1 aliphatic carbocycles. The van der Waals surface area contributed by atoms with E-state index in [1.165, 1.54) is 12.8 Å². The van der Waals surface area contributed by atoms with E-state index >= 15 is 0 Å². The minimum Gasteiger partial charge on any atom is -0.356 e. The number of hydrazine groups is 1. The van der Waals surface area contributed by atoms with E-state index < -0.39 is 0 Å². The summed E-state index contributed by atoms with van der Waals surface area (Å²) in [5.41, 5.74) is 2.56. The van der Waals surface area contributed by atoms with Gasteiger partial charge >= 0.3 is 0 Å². The largest absolute Gasteiger partial charge is 0.356 e. The first-order valence-electron chi connectivity index (χ1n) is 5.80. The molecule has 0 atom stereocenters. The summed E-state index contributed by atoms with van der Waals surface area (Å²) >= 11 is 0. The number of rotatable bonds is 6. The Labute approximate surface area is 92.1 Å². The molecule has 0 aromatic rings. The Bertz CT molecular complexity index is 200. The standard InChI is InChI=1S/C10H23N5/c1-3-12-10(14-11)13-7-8-15(4-2)9-5-6-9/h9H,3-8,11H2,1-2H3,(H2,12,13,14). The van der Waals surface area contributed by atoms with Crippen molar-refractivity contribution in [1.29, 1.82) is 0 Å². The van der Waals surface area contributed by atoms with Crippen LogP contribution in [0, 0.1) is 0 Å². The Morgan fingerprint density at radius 3 is 2.67 bits per heavy atom. The molecule has 0 heterocycles. The lowest BCUT2D eigenvalue weighted by Crippen LogP contribution is -2.42. The first kappa shape index (κ1) is 12.3. The summed E-state index contributed by atoms with van der Waals surface area (Å²) in [7, 11) is 0. The molecule has 5 heteroatoms. The summed E-state index contributed by atoms with van der Waals surface area (Å²) < 4.78 is 0. The van der Waals surface area contributed by atoms with Crippen LogP contribution in [0.15, 0.2) is 4.99 Å². The molecule has 5 nitrogen and oxygen atoms in total. The van der Waals surface area contributed by atoms with E-state index in [1.54, 1.807) is 0 Å². The van der Waals surface area contributed by atoms with Gasteiger partial charge in [0.1, 0.15) is 0 Å². The van der Waals surface area contributed by atoms with Crippen LogP contribution in [-0.2, 0) is 0 Å². The molecule has 1 aliphatic rings. The van der Waals surface area contributed by atoms with Gasteiger partial charge in [-0.3, -0.25) is 15.3 Å².